The molecule has 0 spiro atoms. The van der Waals surface area contributed by atoms with Crippen LogP contribution in [0, 0.1) is 10.8 Å². The Balaban J connectivity index is 2.48. The van der Waals surface area contributed by atoms with Crippen LogP contribution in [-0.4, -0.2) is 27.2 Å². The van der Waals surface area contributed by atoms with Gasteiger partial charge < -0.3 is 10.2 Å². The lowest BCUT2D eigenvalue weighted by molar-refractivity contribution is -0.178. The second-order valence-electron chi connectivity index (χ2n) is 8.73. The van der Waals surface area contributed by atoms with Gasteiger partial charge in [0.25, 0.3) is 0 Å². The molecule has 0 atom stereocenters. The molecule has 128 valence electrons. The molecule has 0 aromatic rings. The number of hydrogen-bond donors (Lipinski definition) is 2. The summed E-state index contributed by atoms with van der Waals surface area (Å²) in [7, 11) is 0. The van der Waals surface area contributed by atoms with E-state index in [4.69, 9.17) is 0 Å². The minimum atomic E-state index is -1.03. The van der Waals surface area contributed by atoms with Crippen LogP contribution < -0.4 is 0 Å². The van der Waals surface area contributed by atoms with E-state index in [2.05, 4.69) is 0 Å². The normalized spacial score (nSPS) is 25.7. The second kappa shape index (κ2) is 5.90. The quantitative estimate of drug-likeness (QED) is 0.825. The van der Waals surface area contributed by atoms with Crippen LogP contribution >= 0.6 is 0 Å². The molecule has 2 rings (SSSR count). The fourth-order valence-electron chi connectivity index (χ4n) is 5.00. The third-order valence-electron chi connectivity index (χ3n) is 6.63. The molecule has 0 unspecified atom stereocenters. The van der Waals surface area contributed by atoms with Crippen LogP contribution in [-0.2, 0) is 4.79 Å². The molecule has 3 heteroatoms. The summed E-state index contributed by atoms with van der Waals surface area (Å²) in [5.41, 5.74) is -3.44. The van der Waals surface area contributed by atoms with E-state index in [0.29, 0.717) is 0 Å². The van der Waals surface area contributed by atoms with E-state index in [1.54, 1.807) is 27.7 Å². The maximum Gasteiger partial charge on any atom is 0.150 e. The van der Waals surface area contributed by atoms with Gasteiger partial charge in [-0.25, -0.2) is 0 Å². The van der Waals surface area contributed by atoms with Crippen LogP contribution in [0.5, 0.6) is 0 Å². The second-order valence-corrected chi connectivity index (χ2v) is 8.73. The summed E-state index contributed by atoms with van der Waals surface area (Å²) in [6.07, 6.45) is 9.30. The first-order chi connectivity index (χ1) is 10.1. The lowest BCUT2D eigenvalue weighted by Gasteiger charge is -2.54. The summed E-state index contributed by atoms with van der Waals surface area (Å²) >= 11 is 0. The standard InChI is InChI=1S/C19H34O3/c1-16(2,21)18(11-7-5-8-12-18)15(20)19(17(3,4)22)13-9-6-10-14-19/h21-22H,5-14H2,1-4H3. The number of hydrogen-bond acceptors (Lipinski definition) is 3. The van der Waals surface area contributed by atoms with E-state index in [1.165, 1.54) is 0 Å². The third kappa shape index (κ3) is 2.75. The number of Topliss-reactive ketones (excluding diaryl/α,β-unsaturated/α-hetero) is 1. The van der Waals surface area contributed by atoms with E-state index < -0.39 is 22.0 Å². The van der Waals surface area contributed by atoms with Crippen molar-refractivity contribution >= 4 is 5.78 Å². The van der Waals surface area contributed by atoms with Gasteiger partial charge in [-0.05, 0) is 53.4 Å². The molecule has 2 N–H and O–H groups in total. The molecular weight excluding hydrogens is 276 g/mol. The van der Waals surface area contributed by atoms with Gasteiger partial charge in [0, 0.05) is 0 Å². The van der Waals surface area contributed by atoms with Crippen LogP contribution in [0.4, 0.5) is 0 Å². The van der Waals surface area contributed by atoms with Crippen molar-refractivity contribution in [2.45, 2.75) is 103 Å². The number of aliphatic hydroxyl groups is 2. The van der Waals surface area contributed by atoms with E-state index in [1.807, 2.05) is 0 Å². The van der Waals surface area contributed by atoms with Gasteiger partial charge in [-0.15, -0.1) is 0 Å². The van der Waals surface area contributed by atoms with Crippen molar-refractivity contribution in [2.24, 2.45) is 10.8 Å². The molecule has 0 aliphatic heterocycles. The van der Waals surface area contributed by atoms with Gasteiger partial charge in [-0.1, -0.05) is 38.5 Å². The average molecular weight is 310 g/mol. The molecule has 0 heterocycles. The molecule has 2 aliphatic rings. The zero-order valence-corrected chi connectivity index (χ0v) is 14.9. The monoisotopic (exact) mass is 310 g/mol. The molecule has 2 aliphatic carbocycles. The maximum absolute atomic E-state index is 13.8. The van der Waals surface area contributed by atoms with Gasteiger partial charge in [0.2, 0.25) is 0 Å². The van der Waals surface area contributed by atoms with E-state index in [9.17, 15) is 15.0 Å². The van der Waals surface area contributed by atoms with Crippen LogP contribution in [0.15, 0.2) is 0 Å². The summed E-state index contributed by atoms with van der Waals surface area (Å²) in [5, 5.41) is 21.7. The van der Waals surface area contributed by atoms with Crippen molar-refractivity contribution in [1.29, 1.82) is 0 Å². The van der Waals surface area contributed by atoms with Crippen molar-refractivity contribution in [3.8, 4) is 0 Å². The number of ketones is 1. The number of carbonyl (C=O) groups excluding carboxylic acids is 1. The van der Waals surface area contributed by atoms with E-state index in [0.717, 1.165) is 64.2 Å². The molecule has 22 heavy (non-hydrogen) atoms. The highest BCUT2D eigenvalue weighted by Gasteiger charge is 2.61. The van der Waals surface area contributed by atoms with Crippen molar-refractivity contribution in [3.05, 3.63) is 0 Å². The van der Waals surface area contributed by atoms with Crippen molar-refractivity contribution in [2.75, 3.05) is 0 Å². The first kappa shape index (κ1) is 17.9. The fraction of sp³-hybridized carbons (Fsp3) is 0.947. The van der Waals surface area contributed by atoms with Crippen molar-refractivity contribution in [1.82, 2.24) is 0 Å². The van der Waals surface area contributed by atoms with Gasteiger partial charge in [-0.2, -0.15) is 0 Å². The van der Waals surface area contributed by atoms with Crippen LogP contribution in [0.25, 0.3) is 0 Å². The Morgan fingerprint density at radius 3 is 1.18 bits per heavy atom. The smallest absolute Gasteiger partial charge is 0.150 e. The highest BCUT2D eigenvalue weighted by Crippen LogP contribution is 2.55. The number of rotatable bonds is 4. The lowest BCUT2D eigenvalue weighted by atomic mass is 9.51. The molecule has 0 aromatic carbocycles. The van der Waals surface area contributed by atoms with Crippen LogP contribution in [0.2, 0.25) is 0 Å². The zero-order chi connectivity index (χ0) is 16.6. The van der Waals surface area contributed by atoms with E-state index >= 15 is 0 Å². The topological polar surface area (TPSA) is 57.5 Å². The summed E-state index contributed by atoms with van der Waals surface area (Å²) in [4.78, 5) is 13.8. The average Bonchev–Trinajstić information content (AvgIpc) is 2.45. The lowest BCUT2D eigenvalue weighted by Crippen LogP contribution is -2.61. The Morgan fingerprint density at radius 1 is 0.682 bits per heavy atom. The van der Waals surface area contributed by atoms with Gasteiger partial charge in [-0.3, -0.25) is 4.79 Å². The molecule has 0 aromatic heterocycles. The first-order valence-corrected chi connectivity index (χ1v) is 9.07. The van der Waals surface area contributed by atoms with Gasteiger partial charge in [0.15, 0.2) is 5.78 Å². The van der Waals surface area contributed by atoms with Gasteiger partial charge in [0.05, 0.1) is 22.0 Å². The largest absolute Gasteiger partial charge is 0.389 e. The minimum absolute atomic E-state index is 0.138. The predicted octanol–water partition coefficient (Wildman–Crippen LogP) is 4.00. The summed E-state index contributed by atoms with van der Waals surface area (Å²) in [6, 6.07) is 0. The highest BCUT2D eigenvalue weighted by molar-refractivity contribution is 5.92. The molecule has 3 nitrogen and oxygen atoms in total. The summed E-state index contributed by atoms with van der Waals surface area (Å²) in [5.74, 6) is 0.138. The Kier molecular flexibility index (Phi) is 4.81. The summed E-state index contributed by atoms with van der Waals surface area (Å²) < 4.78 is 0. The Hall–Kier alpha value is -0.410. The molecule has 0 bridgehead atoms. The minimum Gasteiger partial charge on any atom is -0.389 e. The molecule has 2 saturated carbocycles. The van der Waals surface area contributed by atoms with Crippen LogP contribution in [0.1, 0.15) is 91.9 Å². The number of carbonyl (C=O) groups is 1. The van der Waals surface area contributed by atoms with E-state index in [-0.39, 0.29) is 5.78 Å². The SMILES string of the molecule is CC(C)(O)C1(C(=O)C2(C(C)(C)O)CCCCC2)CCCCC1. The fourth-order valence-corrected chi connectivity index (χ4v) is 5.00. The Morgan fingerprint density at radius 2 is 0.955 bits per heavy atom. The van der Waals surface area contributed by atoms with Crippen molar-refractivity contribution < 1.29 is 15.0 Å². The first-order valence-electron chi connectivity index (χ1n) is 9.07. The zero-order valence-electron chi connectivity index (χ0n) is 14.9. The molecule has 2 fully saturated rings. The third-order valence-corrected chi connectivity index (χ3v) is 6.63. The molecule has 0 amide bonds. The summed E-state index contributed by atoms with van der Waals surface area (Å²) in [6.45, 7) is 7.16. The molecular formula is C19H34O3. The predicted molar refractivity (Wildman–Crippen MR) is 88.6 cm³/mol. The van der Waals surface area contributed by atoms with Crippen molar-refractivity contribution in [3.63, 3.8) is 0 Å². The molecule has 0 radical (unpaired) electrons. The van der Waals surface area contributed by atoms with Gasteiger partial charge >= 0.3 is 0 Å². The highest BCUT2D eigenvalue weighted by atomic mass is 16.3. The maximum atomic E-state index is 13.8. The Labute approximate surface area is 135 Å². The van der Waals surface area contributed by atoms with Crippen LogP contribution in [0.3, 0.4) is 0 Å². The molecule has 0 saturated heterocycles. The Bertz CT molecular complexity index is 361. The van der Waals surface area contributed by atoms with Gasteiger partial charge in [0.1, 0.15) is 0 Å².